The van der Waals surface area contributed by atoms with Crippen molar-refractivity contribution in [2.45, 2.75) is 146 Å². The lowest BCUT2D eigenvalue weighted by Gasteiger charge is -2.33. The molecule has 0 bridgehead atoms. The van der Waals surface area contributed by atoms with Gasteiger partial charge in [-0.15, -0.1) is 0 Å². The molecule has 320 valence electrons. The Labute approximate surface area is 352 Å². The number of carbonyl (C=O) groups excluding carboxylic acids is 3. The van der Waals surface area contributed by atoms with Crippen molar-refractivity contribution in [3.05, 3.63) is 117 Å². The molecule has 7 nitrogen and oxygen atoms in total. The van der Waals surface area contributed by atoms with Gasteiger partial charge < -0.3 is 20.7 Å². The number of unbranched alkanes of at least 4 members (excludes halogenated alkanes) is 1. The van der Waals surface area contributed by atoms with E-state index in [9.17, 15) is 14.4 Å². The summed E-state index contributed by atoms with van der Waals surface area (Å²) in [6.07, 6.45) is 33.6. The normalized spacial score (nSPS) is 18.9. The van der Waals surface area contributed by atoms with Crippen molar-refractivity contribution in [1.29, 1.82) is 0 Å². The zero-order chi connectivity index (χ0) is 43.1. The van der Waals surface area contributed by atoms with E-state index in [1.165, 1.54) is 60.5 Å². The van der Waals surface area contributed by atoms with Crippen molar-refractivity contribution >= 4 is 17.7 Å². The zero-order valence-electron chi connectivity index (χ0n) is 38.0. The lowest BCUT2D eigenvalue weighted by atomic mass is 9.72. The number of ether oxygens (including phenoxy) is 1. The fraction of sp³-hybridized carbons (Fsp3) is 0.549. The van der Waals surface area contributed by atoms with Crippen LogP contribution in [0.5, 0.6) is 0 Å². The molecule has 0 saturated heterocycles. The molecule has 0 aromatic carbocycles. The van der Waals surface area contributed by atoms with Crippen LogP contribution in [-0.2, 0) is 19.1 Å². The first kappa shape index (κ1) is 49.9. The van der Waals surface area contributed by atoms with Crippen molar-refractivity contribution in [3.8, 4) is 0 Å². The van der Waals surface area contributed by atoms with E-state index in [0.717, 1.165) is 28.7 Å². The van der Waals surface area contributed by atoms with Crippen molar-refractivity contribution < 1.29 is 19.1 Å². The second-order valence-electron chi connectivity index (χ2n) is 17.5. The Hall–Kier alpha value is -4.23. The number of rotatable bonds is 22. The maximum Gasteiger partial charge on any atom is 0.244 e. The molecular weight excluding hydrogens is 719 g/mol. The van der Waals surface area contributed by atoms with Crippen LogP contribution in [0.15, 0.2) is 117 Å². The summed E-state index contributed by atoms with van der Waals surface area (Å²) in [4.78, 5) is 38.8. The average molecular weight is 796 g/mol. The van der Waals surface area contributed by atoms with Gasteiger partial charge in [-0.2, -0.15) is 0 Å². The van der Waals surface area contributed by atoms with Gasteiger partial charge in [-0.05, 0) is 146 Å². The summed E-state index contributed by atoms with van der Waals surface area (Å²) < 4.78 is 5.39. The van der Waals surface area contributed by atoms with Crippen LogP contribution in [-0.4, -0.2) is 50.1 Å². The Bertz CT molecular complexity index is 1700. The molecule has 3 amide bonds. The summed E-state index contributed by atoms with van der Waals surface area (Å²) in [5.41, 5.74) is 10.2. The van der Waals surface area contributed by atoms with Gasteiger partial charge in [0.2, 0.25) is 17.7 Å². The number of nitrogens with one attached hydrogen (secondary N) is 3. The van der Waals surface area contributed by atoms with E-state index in [2.05, 4.69) is 102 Å². The van der Waals surface area contributed by atoms with E-state index in [-0.39, 0.29) is 28.6 Å². The highest BCUT2D eigenvalue weighted by Gasteiger charge is 2.27. The van der Waals surface area contributed by atoms with Gasteiger partial charge in [-0.1, -0.05) is 111 Å². The lowest BCUT2D eigenvalue weighted by molar-refractivity contribution is -0.127. The van der Waals surface area contributed by atoms with Gasteiger partial charge in [0, 0.05) is 38.5 Å². The van der Waals surface area contributed by atoms with Gasteiger partial charge in [0.1, 0.15) is 6.04 Å². The van der Waals surface area contributed by atoms with Gasteiger partial charge in [-0.3, -0.25) is 14.4 Å². The van der Waals surface area contributed by atoms with Crippen LogP contribution in [0.2, 0.25) is 0 Å². The maximum atomic E-state index is 13.1. The molecule has 1 unspecified atom stereocenters. The minimum atomic E-state index is -0.689. The van der Waals surface area contributed by atoms with Crippen LogP contribution >= 0.6 is 0 Å². The van der Waals surface area contributed by atoms with Crippen LogP contribution in [0.3, 0.4) is 0 Å². The van der Waals surface area contributed by atoms with E-state index in [1.54, 1.807) is 6.08 Å². The largest absolute Gasteiger partial charge is 0.382 e. The first-order valence-corrected chi connectivity index (χ1v) is 21.7. The minimum Gasteiger partial charge on any atom is -0.382 e. The number of hydrogen-bond donors (Lipinski definition) is 3. The summed E-state index contributed by atoms with van der Waals surface area (Å²) in [6, 6.07) is -0.689. The number of carbonyl (C=O) groups is 3. The first-order valence-electron chi connectivity index (χ1n) is 21.7. The molecule has 0 aromatic rings. The van der Waals surface area contributed by atoms with E-state index in [0.29, 0.717) is 52.0 Å². The molecule has 7 heteroatoms. The van der Waals surface area contributed by atoms with Crippen LogP contribution in [0, 0.1) is 10.8 Å². The fourth-order valence-corrected chi connectivity index (χ4v) is 7.65. The van der Waals surface area contributed by atoms with Crippen molar-refractivity contribution in [3.63, 3.8) is 0 Å². The molecule has 0 fully saturated rings. The van der Waals surface area contributed by atoms with Crippen LogP contribution in [0.25, 0.3) is 0 Å². The van der Waals surface area contributed by atoms with E-state index in [1.807, 2.05) is 51.2 Å². The smallest absolute Gasteiger partial charge is 0.244 e. The summed E-state index contributed by atoms with van der Waals surface area (Å²) in [5, 5.41) is 8.80. The molecule has 58 heavy (non-hydrogen) atoms. The Morgan fingerprint density at radius 1 is 0.672 bits per heavy atom. The predicted molar refractivity (Wildman–Crippen MR) is 245 cm³/mol. The third kappa shape index (κ3) is 19.5. The molecule has 0 aliphatic heterocycles. The van der Waals surface area contributed by atoms with E-state index < -0.39 is 6.04 Å². The van der Waals surface area contributed by atoms with Gasteiger partial charge in [0.25, 0.3) is 0 Å². The average Bonchev–Trinajstić information content (AvgIpc) is 3.13. The molecule has 0 aromatic heterocycles. The Morgan fingerprint density at radius 2 is 1.17 bits per heavy atom. The van der Waals surface area contributed by atoms with Gasteiger partial charge in [0.15, 0.2) is 0 Å². The summed E-state index contributed by atoms with van der Waals surface area (Å²) in [7, 11) is 0. The summed E-state index contributed by atoms with van der Waals surface area (Å²) >= 11 is 0. The van der Waals surface area contributed by atoms with Crippen LogP contribution in [0.4, 0.5) is 0 Å². The number of hydrogen-bond acceptors (Lipinski definition) is 4. The highest BCUT2D eigenvalue weighted by molar-refractivity contribution is 5.93. The summed E-state index contributed by atoms with van der Waals surface area (Å²) in [5.74, 6) is -0.692. The Morgan fingerprint density at radius 3 is 1.67 bits per heavy atom. The molecule has 2 aliphatic rings. The van der Waals surface area contributed by atoms with E-state index in [4.69, 9.17) is 4.74 Å². The first-order chi connectivity index (χ1) is 27.4. The Balaban J connectivity index is 1.91. The molecule has 2 rings (SSSR count). The van der Waals surface area contributed by atoms with Crippen LogP contribution in [0.1, 0.15) is 140 Å². The highest BCUT2D eigenvalue weighted by atomic mass is 16.5. The summed E-state index contributed by atoms with van der Waals surface area (Å²) in [6.45, 7) is 25.8. The third-order valence-electron chi connectivity index (χ3n) is 11.1. The fourth-order valence-electron chi connectivity index (χ4n) is 7.65. The highest BCUT2D eigenvalue weighted by Crippen LogP contribution is 2.41. The molecule has 0 saturated carbocycles. The van der Waals surface area contributed by atoms with Gasteiger partial charge in [0.05, 0.1) is 0 Å². The predicted octanol–water partition coefficient (Wildman–Crippen LogP) is 11.4. The minimum absolute atomic E-state index is 0.156. The monoisotopic (exact) mass is 796 g/mol. The molecule has 0 radical (unpaired) electrons. The molecule has 0 spiro atoms. The molecule has 2 aliphatic carbocycles. The van der Waals surface area contributed by atoms with E-state index >= 15 is 0 Å². The number of amides is 3. The topological polar surface area (TPSA) is 96.5 Å². The molecule has 3 N–H and O–H groups in total. The maximum absolute atomic E-state index is 13.1. The Kier molecular flexibility index (Phi) is 22.4. The number of allylic oxidation sites excluding steroid dienone is 18. The third-order valence-corrected chi connectivity index (χ3v) is 11.1. The van der Waals surface area contributed by atoms with Gasteiger partial charge >= 0.3 is 0 Å². The van der Waals surface area contributed by atoms with Crippen molar-refractivity contribution in [1.82, 2.24) is 16.0 Å². The molecule has 0 heterocycles. The standard InChI is InChI=1S/C51H77N3O4/c1-12-58-35-19-34-53-49(57)46(54-48(56)37-41(5)23-16-21-39(3)28-30-45-43(7)25-18-32-51(45,10)11)26-13-14-33-52-47(55)36-40(4)22-15-20-38(2)27-29-44-42(6)24-17-31-50(44,8)9/h15-16,20-23,27-30,36-37,46H,12-14,17-19,24-26,31-35H2,1-11H3,(H,52,55)(H,53,57)(H,54,56)/b22-15+,23-16+,29-27+,30-28+,38-20+,39-21+,40-36+,41-37+. The van der Waals surface area contributed by atoms with Crippen molar-refractivity contribution in [2.75, 3.05) is 26.3 Å². The quantitative estimate of drug-likeness (QED) is 0.0577. The second kappa shape index (κ2) is 26.0. The zero-order valence-corrected chi connectivity index (χ0v) is 38.0. The molecular formula is C51H77N3O4. The van der Waals surface area contributed by atoms with Gasteiger partial charge in [-0.25, -0.2) is 0 Å². The van der Waals surface area contributed by atoms with Crippen molar-refractivity contribution in [2.24, 2.45) is 10.8 Å². The lowest BCUT2D eigenvalue weighted by Crippen LogP contribution is -2.46. The van der Waals surface area contributed by atoms with Crippen LogP contribution < -0.4 is 16.0 Å². The molecule has 1 atom stereocenters. The second-order valence-corrected chi connectivity index (χ2v) is 17.5. The SMILES string of the molecule is CCOCCCNC(=O)C(CCCCNC(=O)/C=C(C)/C=C/C=C(C)/C=C/C1=C(C)CCCC1(C)C)NC(=O)/C=C(C)/C=C/C=C(C)/C=C/C1=C(C)CCCC1(C)C.